The lowest BCUT2D eigenvalue weighted by Gasteiger charge is -2.30. The fourth-order valence-corrected chi connectivity index (χ4v) is 4.58. The van der Waals surface area contributed by atoms with Gasteiger partial charge >= 0.3 is 0 Å². The van der Waals surface area contributed by atoms with Gasteiger partial charge in [0.15, 0.2) is 0 Å². The molecule has 1 N–H and O–H groups in total. The summed E-state index contributed by atoms with van der Waals surface area (Å²) in [6, 6.07) is 13.7. The van der Waals surface area contributed by atoms with Gasteiger partial charge in [0.1, 0.15) is 17.2 Å². The smallest absolute Gasteiger partial charge is 0.242 e. The predicted octanol–water partition coefficient (Wildman–Crippen LogP) is 4.40. The van der Waals surface area contributed by atoms with Gasteiger partial charge < -0.3 is 10.2 Å². The first-order valence-electron chi connectivity index (χ1n) is 9.72. The number of amides is 2. The molecule has 6 heteroatoms. The molecular formula is C23H27FN2O2S. The molecule has 4 nitrogen and oxygen atoms in total. The van der Waals surface area contributed by atoms with Crippen LogP contribution in [-0.4, -0.2) is 28.5 Å². The average molecular weight is 415 g/mol. The number of hydrogen-bond acceptors (Lipinski definition) is 3. The summed E-state index contributed by atoms with van der Waals surface area (Å²) in [6.45, 7) is 8.53. The van der Waals surface area contributed by atoms with Crippen molar-refractivity contribution in [2.45, 2.75) is 51.1 Å². The fraction of sp³-hybridized carbons (Fsp3) is 0.391. The Morgan fingerprint density at radius 2 is 1.79 bits per heavy atom. The van der Waals surface area contributed by atoms with Crippen molar-refractivity contribution in [3.63, 3.8) is 0 Å². The molecule has 0 aliphatic carbocycles. The maximum atomic E-state index is 13.0. The average Bonchev–Trinajstić information content (AvgIpc) is 3.07. The Bertz CT molecular complexity index is 875. The van der Waals surface area contributed by atoms with Gasteiger partial charge in [-0.3, -0.25) is 9.59 Å². The molecule has 0 saturated carbocycles. The fourth-order valence-electron chi connectivity index (χ4n) is 3.32. The van der Waals surface area contributed by atoms with Crippen molar-refractivity contribution in [2.24, 2.45) is 0 Å². The van der Waals surface area contributed by atoms with E-state index >= 15 is 0 Å². The number of nitrogens with zero attached hydrogens (tertiary/aromatic N) is 1. The van der Waals surface area contributed by atoms with Gasteiger partial charge in [0, 0.05) is 6.54 Å². The zero-order valence-electron chi connectivity index (χ0n) is 17.2. The van der Waals surface area contributed by atoms with Gasteiger partial charge in [0.25, 0.3) is 0 Å². The third kappa shape index (κ3) is 4.99. The number of carbonyl (C=O) groups excluding carboxylic acids is 2. The van der Waals surface area contributed by atoms with Gasteiger partial charge in [-0.2, -0.15) is 0 Å². The normalized spacial score (nSPS) is 18.0. The highest BCUT2D eigenvalue weighted by molar-refractivity contribution is 8.00. The van der Waals surface area contributed by atoms with Crippen molar-refractivity contribution < 1.29 is 14.0 Å². The van der Waals surface area contributed by atoms with E-state index < -0.39 is 6.04 Å². The number of benzene rings is 2. The van der Waals surface area contributed by atoms with E-state index in [0.717, 1.165) is 11.1 Å². The predicted molar refractivity (Wildman–Crippen MR) is 115 cm³/mol. The van der Waals surface area contributed by atoms with E-state index in [1.54, 1.807) is 35.7 Å². The van der Waals surface area contributed by atoms with Crippen LogP contribution in [0.3, 0.4) is 0 Å². The summed E-state index contributed by atoms with van der Waals surface area (Å²) < 4.78 is 13.0. The molecule has 2 aromatic rings. The molecule has 154 valence electrons. The van der Waals surface area contributed by atoms with Crippen LogP contribution in [0.4, 0.5) is 4.39 Å². The molecule has 3 rings (SSSR count). The Morgan fingerprint density at radius 3 is 2.38 bits per heavy atom. The third-order valence-electron chi connectivity index (χ3n) is 5.14. The zero-order valence-corrected chi connectivity index (χ0v) is 18.1. The molecule has 0 unspecified atom stereocenters. The highest BCUT2D eigenvalue weighted by Crippen LogP contribution is 2.40. The van der Waals surface area contributed by atoms with Gasteiger partial charge in [0.05, 0.1) is 5.75 Å². The molecule has 0 bridgehead atoms. The summed E-state index contributed by atoms with van der Waals surface area (Å²) in [5, 5.41) is 2.67. The first-order chi connectivity index (χ1) is 13.7. The van der Waals surface area contributed by atoms with E-state index in [9.17, 15) is 14.0 Å². The van der Waals surface area contributed by atoms with Crippen LogP contribution in [0.5, 0.6) is 0 Å². The molecule has 0 radical (unpaired) electrons. The number of nitrogens with one attached hydrogen (secondary N) is 1. The van der Waals surface area contributed by atoms with E-state index in [2.05, 4.69) is 38.2 Å². The van der Waals surface area contributed by atoms with Gasteiger partial charge in [-0.1, -0.05) is 57.2 Å². The first-order valence-corrected chi connectivity index (χ1v) is 10.8. The molecule has 29 heavy (non-hydrogen) atoms. The molecule has 0 spiro atoms. The van der Waals surface area contributed by atoms with Gasteiger partial charge in [-0.05, 0) is 41.2 Å². The Balaban J connectivity index is 1.70. The molecule has 1 saturated heterocycles. The second-order valence-electron chi connectivity index (χ2n) is 8.36. The minimum atomic E-state index is -0.592. The van der Waals surface area contributed by atoms with Crippen LogP contribution in [0, 0.1) is 5.82 Å². The van der Waals surface area contributed by atoms with Crippen LogP contribution in [0.25, 0.3) is 0 Å². The second kappa shape index (κ2) is 8.57. The Labute approximate surface area is 175 Å². The summed E-state index contributed by atoms with van der Waals surface area (Å²) >= 11 is 1.54. The van der Waals surface area contributed by atoms with E-state index in [4.69, 9.17) is 0 Å². The Morgan fingerprint density at radius 1 is 1.17 bits per heavy atom. The largest absolute Gasteiger partial charge is 0.350 e. The van der Waals surface area contributed by atoms with Gasteiger partial charge in [0.2, 0.25) is 11.8 Å². The summed E-state index contributed by atoms with van der Waals surface area (Å²) in [4.78, 5) is 26.9. The molecule has 1 aliphatic rings. The van der Waals surface area contributed by atoms with Crippen LogP contribution in [-0.2, 0) is 21.5 Å². The van der Waals surface area contributed by atoms with E-state index in [1.807, 2.05) is 12.1 Å². The quantitative estimate of drug-likeness (QED) is 0.789. The van der Waals surface area contributed by atoms with Crippen LogP contribution < -0.4 is 5.32 Å². The molecule has 0 aromatic heterocycles. The van der Waals surface area contributed by atoms with Crippen molar-refractivity contribution in [1.29, 1.82) is 0 Å². The summed E-state index contributed by atoms with van der Waals surface area (Å²) in [6.07, 6.45) is 0. The van der Waals surface area contributed by atoms with Gasteiger partial charge in [-0.15, -0.1) is 11.8 Å². The first kappa shape index (κ1) is 21.4. The Kier molecular flexibility index (Phi) is 6.32. The summed E-state index contributed by atoms with van der Waals surface area (Å²) in [7, 11) is 0. The number of hydrogen-bond donors (Lipinski definition) is 1. The molecule has 1 fully saturated rings. The van der Waals surface area contributed by atoms with Crippen molar-refractivity contribution in [1.82, 2.24) is 10.2 Å². The lowest BCUT2D eigenvalue weighted by molar-refractivity contribution is -0.137. The molecule has 2 atom stereocenters. The molecule has 1 heterocycles. The van der Waals surface area contributed by atoms with E-state index in [0.29, 0.717) is 12.3 Å². The number of halogens is 1. The molecule has 2 amide bonds. The van der Waals surface area contributed by atoms with Crippen LogP contribution >= 0.6 is 11.8 Å². The lowest BCUT2D eigenvalue weighted by atomic mass is 9.86. The zero-order chi connectivity index (χ0) is 21.2. The van der Waals surface area contributed by atoms with Crippen molar-refractivity contribution in [3.05, 3.63) is 71.0 Å². The lowest BCUT2D eigenvalue weighted by Crippen LogP contribution is -2.46. The SMILES string of the molecule is C[C@H](C(=O)NCc1ccc(F)cc1)N1C(=O)CS[C@@H]1c1ccc(C(C)(C)C)cc1. The van der Waals surface area contributed by atoms with Crippen molar-refractivity contribution in [2.75, 3.05) is 5.75 Å². The molecular weight excluding hydrogens is 387 g/mol. The summed E-state index contributed by atoms with van der Waals surface area (Å²) in [5.41, 5.74) is 3.12. The maximum Gasteiger partial charge on any atom is 0.242 e. The van der Waals surface area contributed by atoms with E-state index in [-0.39, 0.29) is 28.4 Å². The van der Waals surface area contributed by atoms with Crippen LogP contribution in [0.1, 0.15) is 49.8 Å². The Hall–Kier alpha value is -2.34. The number of rotatable bonds is 5. The molecule has 1 aliphatic heterocycles. The second-order valence-corrected chi connectivity index (χ2v) is 9.43. The standard InChI is InChI=1S/C23H27FN2O2S/c1-15(21(28)25-13-16-5-11-19(24)12-6-16)26-20(27)14-29-22(26)17-7-9-18(10-8-17)23(2,3)4/h5-12,15,22H,13-14H2,1-4H3,(H,25,28)/t15-,22-/m1/s1. The highest BCUT2D eigenvalue weighted by Gasteiger charge is 2.38. The maximum absolute atomic E-state index is 13.0. The molecule has 2 aromatic carbocycles. The van der Waals surface area contributed by atoms with Gasteiger partial charge in [-0.25, -0.2) is 4.39 Å². The minimum Gasteiger partial charge on any atom is -0.350 e. The number of carbonyl (C=O) groups is 2. The van der Waals surface area contributed by atoms with E-state index in [1.165, 1.54) is 17.7 Å². The summed E-state index contributed by atoms with van der Waals surface area (Å²) in [5.74, 6) is -0.208. The highest BCUT2D eigenvalue weighted by atomic mass is 32.2. The van der Waals surface area contributed by atoms with Crippen molar-refractivity contribution >= 4 is 23.6 Å². The van der Waals surface area contributed by atoms with Crippen LogP contribution in [0.15, 0.2) is 48.5 Å². The minimum absolute atomic E-state index is 0.0377. The van der Waals surface area contributed by atoms with Crippen molar-refractivity contribution in [3.8, 4) is 0 Å². The van der Waals surface area contributed by atoms with Crippen LogP contribution in [0.2, 0.25) is 0 Å². The topological polar surface area (TPSA) is 49.4 Å². The number of thioether (sulfide) groups is 1. The monoisotopic (exact) mass is 414 g/mol. The third-order valence-corrected chi connectivity index (χ3v) is 6.37.